The van der Waals surface area contributed by atoms with Gasteiger partial charge in [-0.2, -0.15) is 0 Å². The maximum atomic E-state index is 10.6. The first-order valence-corrected chi connectivity index (χ1v) is 4.32. The van der Waals surface area contributed by atoms with Crippen molar-refractivity contribution in [3.63, 3.8) is 0 Å². The Morgan fingerprint density at radius 3 is 2.79 bits per heavy atom. The van der Waals surface area contributed by atoms with Gasteiger partial charge in [0.2, 0.25) is 0 Å². The molecule has 1 aromatic heterocycles. The van der Waals surface area contributed by atoms with Crippen LogP contribution in [-0.4, -0.2) is 21.0 Å². The quantitative estimate of drug-likeness (QED) is 0.738. The summed E-state index contributed by atoms with van der Waals surface area (Å²) < 4.78 is 0. The van der Waals surface area contributed by atoms with Crippen molar-refractivity contribution in [1.82, 2.24) is 9.97 Å². The zero-order chi connectivity index (χ0) is 10.7. The van der Waals surface area contributed by atoms with E-state index in [1.54, 1.807) is 19.9 Å². The SMILES string of the molecule is Cc1nc(N)cc(CC(C)C(=O)O)n1. The fourth-order valence-corrected chi connectivity index (χ4v) is 1.16. The summed E-state index contributed by atoms with van der Waals surface area (Å²) in [5.41, 5.74) is 6.18. The lowest BCUT2D eigenvalue weighted by Crippen LogP contribution is -2.14. The summed E-state index contributed by atoms with van der Waals surface area (Å²) in [4.78, 5) is 18.6. The molecule has 0 radical (unpaired) electrons. The highest BCUT2D eigenvalue weighted by Crippen LogP contribution is 2.09. The third kappa shape index (κ3) is 2.69. The van der Waals surface area contributed by atoms with Crippen molar-refractivity contribution in [1.29, 1.82) is 0 Å². The first kappa shape index (κ1) is 10.4. The molecule has 1 rings (SSSR count). The van der Waals surface area contributed by atoms with E-state index in [2.05, 4.69) is 9.97 Å². The van der Waals surface area contributed by atoms with Crippen LogP contribution in [0.25, 0.3) is 0 Å². The summed E-state index contributed by atoms with van der Waals surface area (Å²) in [6.07, 6.45) is 0.378. The Hall–Kier alpha value is -1.65. The molecule has 14 heavy (non-hydrogen) atoms. The number of rotatable bonds is 3. The molecule has 0 spiro atoms. The molecule has 0 aliphatic rings. The Bertz CT molecular complexity index is 332. The van der Waals surface area contributed by atoms with Gasteiger partial charge in [-0.1, -0.05) is 6.92 Å². The Morgan fingerprint density at radius 1 is 1.64 bits per heavy atom. The number of aromatic nitrogens is 2. The number of carboxylic acid groups (broad SMARTS) is 1. The third-order valence-electron chi connectivity index (χ3n) is 1.85. The molecule has 0 saturated heterocycles. The van der Waals surface area contributed by atoms with Crippen LogP contribution >= 0.6 is 0 Å². The van der Waals surface area contributed by atoms with E-state index in [0.29, 0.717) is 23.8 Å². The van der Waals surface area contributed by atoms with E-state index in [1.165, 1.54) is 0 Å². The van der Waals surface area contributed by atoms with E-state index in [-0.39, 0.29) is 0 Å². The molecule has 0 aromatic carbocycles. The number of carbonyl (C=O) groups is 1. The average Bonchev–Trinajstić information content (AvgIpc) is 2.01. The molecule has 76 valence electrons. The molecule has 0 saturated carbocycles. The molecule has 0 aliphatic heterocycles. The van der Waals surface area contributed by atoms with Crippen molar-refractivity contribution in [3.05, 3.63) is 17.6 Å². The summed E-state index contributed by atoms with van der Waals surface area (Å²) in [6, 6.07) is 1.60. The molecule has 1 aromatic rings. The number of hydrogen-bond donors (Lipinski definition) is 2. The van der Waals surface area contributed by atoms with Gasteiger partial charge in [0.1, 0.15) is 11.6 Å². The van der Waals surface area contributed by atoms with Gasteiger partial charge in [-0.3, -0.25) is 4.79 Å². The standard InChI is InChI=1S/C9H13N3O2/c1-5(9(13)14)3-7-4-8(10)12-6(2)11-7/h4-5H,3H2,1-2H3,(H,13,14)(H2,10,11,12). The van der Waals surface area contributed by atoms with Gasteiger partial charge >= 0.3 is 5.97 Å². The molecule has 0 fully saturated rings. The third-order valence-corrected chi connectivity index (χ3v) is 1.85. The van der Waals surface area contributed by atoms with Crippen molar-refractivity contribution in [2.75, 3.05) is 5.73 Å². The number of nitrogen functional groups attached to an aromatic ring is 1. The Balaban J connectivity index is 2.81. The van der Waals surface area contributed by atoms with E-state index < -0.39 is 11.9 Å². The summed E-state index contributed by atoms with van der Waals surface area (Å²) in [7, 11) is 0. The summed E-state index contributed by atoms with van der Waals surface area (Å²) in [6.45, 7) is 3.36. The number of nitrogens with two attached hydrogens (primary N) is 1. The van der Waals surface area contributed by atoms with Crippen molar-refractivity contribution < 1.29 is 9.90 Å². The molecular formula is C9H13N3O2. The van der Waals surface area contributed by atoms with Gasteiger partial charge in [-0.25, -0.2) is 9.97 Å². The molecule has 5 heteroatoms. The number of aryl methyl sites for hydroxylation is 1. The van der Waals surface area contributed by atoms with Gasteiger partial charge in [0, 0.05) is 18.2 Å². The number of hydrogen-bond acceptors (Lipinski definition) is 4. The summed E-state index contributed by atoms with van der Waals surface area (Å²) >= 11 is 0. The number of nitrogens with zero attached hydrogens (tertiary/aromatic N) is 2. The summed E-state index contributed by atoms with van der Waals surface area (Å²) in [5, 5.41) is 8.71. The molecule has 1 atom stereocenters. The Morgan fingerprint density at radius 2 is 2.29 bits per heavy atom. The van der Waals surface area contributed by atoms with Crippen molar-refractivity contribution in [2.45, 2.75) is 20.3 Å². The average molecular weight is 195 g/mol. The van der Waals surface area contributed by atoms with Gasteiger partial charge in [0.15, 0.2) is 0 Å². The lowest BCUT2D eigenvalue weighted by molar-refractivity contribution is -0.141. The predicted molar refractivity (Wildman–Crippen MR) is 51.7 cm³/mol. The minimum atomic E-state index is -0.833. The minimum Gasteiger partial charge on any atom is -0.481 e. The highest BCUT2D eigenvalue weighted by Gasteiger charge is 2.12. The van der Waals surface area contributed by atoms with Crippen LogP contribution < -0.4 is 5.73 Å². The molecule has 5 nitrogen and oxygen atoms in total. The molecule has 3 N–H and O–H groups in total. The fourth-order valence-electron chi connectivity index (χ4n) is 1.16. The van der Waals surface area contributed by atoms with E-state index in [4.69, 9.17) is 10.8 Å². The van der Waals surface area contributed by atoms with Gasteiger partial charge in [0.25, 0.3) is 0 Å². The van der Waals surface area contributed by atoms with E-state index in [9.17, 15) is 4.79 Å². The molecule has 0 aliphatic carbocycles. The lowest BCUT2D eigenvalue weighted by atomic mass is 10.1. The van der Waals surface area contributed by atoms with E-state index in [1.807, 2.05) is 0 Å². The Kier molecular flexibility index (Phi) is 3.01. The predicted octanol–water partition coefficient (Wildman–Crippen LogP) is 0.630. The van der Waals surface area contributed by atoms with Gasteiger partial charge in [-0.15, -0.1) is 0 Å². The highest BCUT2D eigenvalue weighted by atomic mass is 16.4. The van der Waals surface area contributed by atoms with Gasteiger partial charge in [0.05, 0.1) is 5.92 Å². The van der Waals surface area contributed by atoms with Crippen LogP contribution in [0.4, 0.5) is 5.82 Å². The first-order valence-electron chi connectivity index (χ1n) is 4.32. The maximum absolute atomic E-state index is 10.6. The van der Waals surface area contributed by atoms with E-state index >= 15 is 0 Å². The normalized spacial score (nSPS) is 12.4. The van der Waals surface area contributed by atoms with Crippen molar-refractivity contribution >= 4 is 11.8 Å². The number of carboxylic acids is 1. The zero-order valence-electron chi connectivity index (χ0n) is 8.19. The molecule has 0 bridgehead atoms. The second kappa shape index (κ2) is 4.04. The van der Waals surface area contributed by atoms with Crippen LogP contribution in [0.3, 0.4) is 0 Å². The Labute approximate surface area is 82.0 Å². The second-order valence-electron chi connectivity index (χ2n) is 3.27. The summed E-state index contributed by atoms with van der Waals surface area (Å²) in [5.74, 6) is -0.341. The van der Waals surface area contributed by atoms with Crippen LogP contribution in [0.5, 0.6) is 0 Å². The van der Waals surface area contributed by atoms with Crippen LogP contribution in [0.2, 0.25) is 0 Å². The lowest BCUT2D eigenvalue weighted by Gasteiger charge is -2.06. The molecule has 1 heterocycles. The number of aliphatic carboxylic acids is 1. The largest absolute Gasteiger partial charge is 0.481 e. The van der Waals surface area contributed by atoms with Gasteiger partial charge in [-0.05, 0) is 6.92 Å². The smallest absolute Gasteiger partial charge is 0.306 e. The van der Waals surface area contributed by atoms with Crippen LogP contribution in [0.15, 0.2) is 6.07 Å². The molecule has 0 amide bonds. The first-order chi connectivity index (χ1) is 6.49. The molecular weight excluding hydrogens is 182 g/mol. The maximum Gasteiger partial charge on any atom is 0.306 e. The van der Waals surface area contributed by atoms with E-state index in [0.717, 1.165) is 0 Å². The van der Waals surface area contributed by atoms with Crippen molar-refractivity contribution in [2.24, 2.45) is 5.92 Å². The van der Waals surface area contributed by atoms with Crippen LogP contribution in [-0.2, 0) is 11.2 Å². The number of anilines is 1. The minimum absolute atomic E-state index is 0.378. The molecule has 1 unspecified atom stereocenters. The topological polar surface area (TPSA) is 89.1 Å². The second-order valence-corrected chi connectivity index (χ2v) is 3.27. The van der Waals surface area contributed by atoms with Crippen molar-refractivity contribution in [3.8, 4) is 0 Å². The fraction of sp³-hybridized carbons (Fsp3) is 0.444. The zero-order valence-corrected chi connectivity index (χ0v) is 8.19. The van der Waals surface area contributed by atoms with Gasteiger partial charge < -0.3 is 10.8 Å². The van der Waals surface area contributed by atoms with Crippen LogP contribution in [0, 0.1) is 12.8 Å². The monoisotopic (exact) mass is 195 g/mol. The van der Waals surface area contributed by atoms with Crippen LogP contribution in [0.1, 0.15) is 18.4 Å². The highest BCUT2D eigenvalue weighted by molar-refractivity contribution is 5.69.